The maximum Gasteiger partial charge on any atom is 0.256 e. The van der Waals surface area contributed by atoms with Crippen molar-refractivity contribution in [3.05, 3.63) is 98.1 Å². The summed E-state index contributed by atoms with van der Waals surface area (Å²) >= 11 is 4.92. The zero-order valence-corrected chi connectivity index (χ0v) is 15.4. The average Bonchev–Trinajstić information content (AvgIpc) is 2.98. The molecule has 0 aliphatic heterocycles. The van der Waals surface area contributed by atoms with E-state index in [0.29, 0.717) is 11.1 Å². The van der Waals surface area contributed by atoms with Gasteiger partial charge in [-0.3, -0.25) is 14.2 Å². The highest BCUT2D eigenvalue weighted by atomic mass is 79.9. The molecule has 0 N–H and O–H groups in total. The summed E-state index contributed by atoms with van der Waals surface area (Å²) in [5.74, 6) is -0.0583. The van der Waals surface area contributed by atoms with Crippen LogP contribution in [-0.4, -0.2) is 10.4 Å². The lowest BCUT2D eigenvalue weighted by atomic mass is 10.0. The molecular formula is C20H12BrNO2S. The lowest BCUT2D eigenvalue weighted by molar-refractivity contribution is 0.104. The SMILES string of the molecule is O=C(c1ccccc1)c1c(Br)sc2c1ccc(=O)n2-c1ccccc1. The number of carbonyl (C=O) groups excluding carboxylic acids is 1. The van der Waals surface area contributed by atoms with Crippen LogP contribution in [0.15, 0.2) is 81.4 Å². The second kappa shape index (κ2) is 6.43. The minimum Gasteiger partial charge on any atom is -0.289 e. The number of hydrogen-bond donors (Lipinski definition) is 0. The maximum atomic E-state index is 13.0. The van der Waals surface area contributed by atoms with Crippen LogP contribution in [0.3, 0.4) is 0 Å². The molecule has 122 valence electrons. The van der Waals surface area contributed by atoms with Gasteiger partial charge in [0.2, 0.25) is 0 Å². The summed E-state index contributed by atoms with van der Waals surface area (Å²) in [5, 5.41) is 0.772. The van der Waals surface area contributed by atoms with Gasteiger partial charge in [0, 0.05) is 17.0 Å². The van der Waals surface area contributed by atoms with Gasteiger partial charge in [-0.05, 0) is 34.1 Å². The number of aromatic nitrogens is 1. The summed E-state index contributed by atoms with van der Waals surface area (Å²) in [6.07, 6.45) is 0. The van der Waals surface area contributed by atoms with E-state index in [1.54, 1.807) is 22.8 Å². The molecule has 0 bridgehead atoms. The van der Waals surface area contributed by atoms with Crippen LogP contribution in [0.2, 0.25) is 0 Å². The predicted octanol–water partition coefficient (Wildman–Crippen LogP) is 5.05. The molecule has 0 saturated carbocycles. The Morgan fingerprint density at radius 2 is 1.52 bits per heavy atom. The van der Waals surface area contributed by atoms with Gasteiger partial charge in [0.25, 0.3) is 5.56 Å². The van der Waals surface area contributed by atoms with Gasteiger partial charge in [-0.2, -0.15) is 0 Å². The van der Waals surface area contributed by atoms with Gasteiger partial charge in [0.05, 0.1) is 15.0 Å². The van der Waals surface area contributed by atoms with E-state index >= 15 is 0 Å². The van der Waals surface area contributed by atoms with Crippen LogP contribution in [0.1, 0.15) is 15.9 Å². The first kappa shape index (κ1) is 16.0. The molecule has 0 aliphatic rings. The molecular weight excluding hydrogens is 398 g/mol. The fourth-order valence-electron chi connectivity index (χ4n) is 2.82. The second-order valence-electron chi connectivity index (χ2n) is 5.51. The molecule has 4 aromatic rings. The van der Waals surface area contributed by atoms with Crippen LogP contribution < -0.4 is 5.56 Å². The number of rotatable bonds is 3. The number of ketones is 1. The van der Waals surface area contributed by atoms with Gasteiger partial charge in [-0.1, -0.05) is 48.5 Å². The lowest BCUT2D eigenvalue weighted by Crippen LogP contribution is -2.16. The van der Waals surface area contributed by atoms with Gasteiger partial charge in [-0.15, -0.1) is 11.3 Å². The Hall–Kier alpha value is -2.50. The third-order valence-electron chi connectivity index (χ3n) is 3.98. The van der Waals surface area contributed by atoms with Crippen molar-refractivity contribution in [3.8, 4) is 5.69 Å². The Kier molecular flexibility index (Phi) is 4.11. The Bertz CT molecular complexity index is 1130. The van der Waals surface area contributed by atoms with E-state index in [0.717, 1.165) is 19.7 Å². The van der Waals surface area contributed by atoms with Gasteiger partial charge in [0.15, 0.2) is 5.78 Å². The van der Waals surface area contributed by atoms with Gasteiger partial charge in [-0.25, -0.2) is 0 Å². The Morgan fingerprint density at radius 1 is 0.880 bits per heavy atom. The first-order chi connectivity index (χ1) is 12.2. The van der Waals surface area contributed by atoms with E-state index < -0.39 is 0 Å². The molecule has 5 heteroatoms. The van der Waals surface area contributed by atoms with E-state index in [-0.39, 0.29) is 11.3 Å². The molecule has 4 rings (SSSR count). The molecule has 0 unspecified atom stereocenters. The van der Waals surface area contributed by atoms with E-state index in [1.165, 1.54) is 17.4 Å². The van der Waals surface area contributed by atoms with Crippen LogP contribution in [0, 0.1) is 0 Å². The van der Waals surface area contributed by atoms with Gasteiger partial charge in [0.1, 0.15) is 4.83 Å². The lowest BCUT2D eigenvalue weighted by Gasteiger charge is -2.07. The number of halogens is 1. The quantitative estimate of drug-likeness (QED) is 0.444. The van der Waals surface area contributed by atoms with E-state index in [2.05, 4.69) is 15.9 Å². The molecule has 0 spiro atoms. The van der Waals surface area contributed by atoms with Crippen molar-refractivity contribution in [2.75, 3.05) is 0 Å². The third kappa shape index (κ3) is 2.75. The zero-order chi connectivity index (χ0) is 17.4. The third-order valence-corrected chi connectivity index (χ3v) is 5.84. The van der Waals surface area contributed by atoms with Crippen molar-refractivity contribution < 1.29 is 4.79 Å². The largest absolute Gasteiger partial charge is 0.289 e. The topological polar surface area (TPSA) is 39.1 Å². The van der Waals surface area contributed by atoms with E-state index in [9.17, 15) is 9.59 Å². The smallest absolute Gasteiger partial charge is 0.256 e. The highest BCUT2D eigenvalue weighted by Gasteiger charge is 2.21. The number of hydrogen-bond acceptors (Lipinski definition) is 3. The van der Waals surface area contributed by atoms with Crippen LogP contribution in [-0.2, 0) is 0 Å². The summed E-state index contributed by atoms with van der Waals surface area (Å²) in [7, 11) is 0. The normalized spacial score (nSPS) is 10.9. The number of pyridine rings is 1. The standard InChI is InChI=1S/C20H12BrNO2S/c21-19-17(18(24)13-7-3-1-4-8-13)15-11-12-16(23)22(20(15)25-19)14-9-5-2-6-10-14/h1-12H. The summed E-state index contributed by atoms with van der Waals surface area (Å²) in [5.41, 5.74) is 1.88. The number of nitrogens with zero attached hydrogens (tertiary/aromatic N) is 1. The van der Waals surface area contributed by atoms with Gasteiger partial charge < -0.3 is 0 Å². The van der Waals surface area contributed by atoms with Crippen LogP contribution >= 0.6 is 27.3 Å². The Morgan fingerprint density at radius 3 is 2.20 bits per heavy atom. The highest BCUT2D eigenvalue weighted by Crippen LogP contribution is 2.37. The molecule has 2 aromatic heterocycles. The minimum atomic E-state index is -0.119. The zero-order valence-electron chi connectivity index (χ0n) is 13.0. The molecule has 0 amide bonds. The van der Waals surface area contributed by atoms with Crippen molar-refractivity contribution in [3.63, 3.8) is 0 Å². The molecule has 2 heterocycles. The number of para-hydroxylation sites is 1. The number of carbonyl (C=O) groups is 1. The molecule has 0 atom stereocenters. The number of thiophene rings is 1. The predicted molar refractivity (Wildman–Crippen MR) is 105 cm³/mol. The first-order valence-electron chi connectivity index (χ1n) is 7.66. The number of benzene rings is 2. The van der Waals surface area contributed by atoms with Gasteiger partial charge >= 0.3 is 0 Å². The van der Waals surface area contributed by atoms with Crippen LogP contribution in [0.5, 0.6) is 0 Å². The summed E-state index contributed by atoms with van der Waals surface area (Å²) in [6.45, 7) is 0. The molecule has 0 aliphatic carbocycles. The first-order valence-corrected chi connectivity index (χ1v) is 9.27. The summed E-state index contributed by atoms with van der Waals surface area (Å²) in [4.78, 5) is 26.2. The fourth-order valence-corrected chi connectivity index (χ4v) is 4.72. The number of fused-ring (bicyclic) bond motifs is 1. The average molecular weight is 410 g/mol. The minimum absolute atomic E-state index is 0.0583. The molecule has 25 heavy (non-hydrogen) atoms. The molecule has 2 aromatic carbocycles. The maximum absolute atomic E-state index is 13.0. The summed E-state index contributed by atoms with van der Waals surface area (Å²) in [6, 6.07) is 21.8. The van der Waals surface area contributed by atoms with Crippen molar-refractivity contribution >= 4 is 43.3 Å². The Labute approximate surface area is 156 Å². The van der Waals surface area contributed by atoms with Crippen molar-refractivity contribution in [1.82, 2.24) is 4.57 Å². The Balaban J connectivity index is 1.99. The van der Waals surface area contributed by atoms with Crippen molar-refractivity contribution in [2.24, 2.45) is 0 Å². The van der Waals surface area contributed by atoms with Crippen molar-refractivity contribution in [2.45, 2.75) is 0 Å². The van der Waals surface area contributed by atoms with E-state index in [1.807, 2.05) is 48.5 Å². The molecule has 0 radical (unpaired) electrons. The summed E-state index contributed by atoms with van der Waals surface area (Å²) < 4.78 is 2.37. The van der Waals surface area contributed by atoms with Crippen LogP contribution in [0.4, 0.5) is 0 Å². The van der Waals surface area contributed by atoms with Crippen LogP contribution in [0.25, 0.3) is 15.9 Å². The fraction of sp³-hybridized carbons (Fsp3) is 0. The molecule has 3 nitrogen and oxygen atoms in total. The molecule has 0 fully saturated rings. The second-order valence-corrected chi connectivity index (χ2v) is 7.82. The monoisotopic (exact) mass is 409 g/mol. The van der Waals surface area contributed by atoms with E-state index in [4.69, 9.17) is 0 Å². The van der Waals surface area contributed by atoms with Crippen molar-refractivity contribution in [1.29, 1.82) is 0 Å². The molecule has 0 saturated heterocycles. The highest BCUT2D eigenvalue weighted by molar-refractivity contribution is 9.11.